The third kappa shape index (κ3) is 5.30. The van der Waals surface area contributed by atoms with Crippen molar-refractivity contribution in [3.8, 4) is 32.8 Å². The molecule has 8 aromatic carbocycles. The molecule has 9 rings (SSSR count). The molecular formula is C45H30N2S. The Morgan fingerprint density at radius 2 is 0.896 bits per heavy atom. The second kappa shape index (κ2) is 12.0. The van der Waals surface area contributed by atoms with Gasteiger partial charge in [0.2, 0.25) is 0 Å². The third-order valence-electron chi connectivity index (χ3n) is 9.05. The normalized spacial score (nSPS) is 11.3. The molecule has 48 heavy (non-hydrogen) atoms. The summed E-state index contributed by atoms with van der Waals surface area (Å²) in [6, 6.07) is 65.3. The van der Waals surface area contributed by atoms with Crippen molar-refractivity contribution in [1.82, 2.24) is 4.98 Å². The molecule has 0 radical (unpaired) electrons. The summed E-state index contributed by atoms with van der Waals surface area (Å²) in [6.45, 7) is 0. The average Bonchev–Trinajstić information content (AvgIpc) is 3.59. The van der Waals surface area contributed by atoms with Crippen molar-refractivity contribution in [2.24, 2.45) is 0 Å². The van der Waals surface area contributed by atoms with Crippen LogP contribution in [0.4, 0.5) is 17.1 Å². The number of thiazole rings is 1. The molecule has 3 heteroatoms. The highest BCUT2D eigenvalue weighted by molar-refractivity contribution is 7.21. The molecule has 0 atom stereocenters. The number of hydrogen-bond acceptors (Lipinski definition) is 3. The quantitative estimate of drug-likeness (QED) is 0.182. The minimum absolute atomic E-state index is 1.000. The molecule has 0 spiro atoms. The summed E-state index contributed by atoms with van der Waals surface area (Å²) in [5.74, 6) is 0. The van der Waals surface area contributed by atoms with E-state index < -0.39 is 0 Å². The van der Waals surface area contributed by atoms with E-state index in [1.807, 2.05) is 6.07 Å². The lowest BCUT2D eigenvalue weighted by Crippen LogP contribution is -2.10. The molecule has 0 saturated heterocycles. The Bertz CT molecular complexity index is 2570. The van der Waals surface area contributed by atoms with E-state index in [-0.39, 0.29) is 0 Å². The Hall–Kier alpha value is -6.03. The van der Waals surface area contributed by atoms with Gasteiger partial charge in [0.15, 0.2) is 0 Å². The number of rotatable bonds is 6. The molecule has 0 aliphatic heterocycles. The predicted octanol–water partition coefficient (Wildman–Crippen LogP) is 13.1. The maximum absolute atomic E-state index is 5.08. The van der Waals surface area contributed by atoms with Crippen LogP contribution < -0.4 is 4.90 Å². The van der Waals surface area contributed by atoms with E-state index in [1.54, 1.807) is 11.3 Å². The molecule has 226 valence electrons. The van der Waals surface area contributed by atoms with Gasteiger partial charge in [-0.25, -0.2) is 4.98 Å². The number of nitrogens with zero attached hydrogens (tertiary/aromatic N) is 2. The van der Waals surface area contributed by atoms with E-state index in [0.29, 0.717) is 0 Å². The number of fused-ring (bicyclic) bond motifs is 3. The fraction of sp³-hybridized carbons (Fsp3) is 0. The van der Waals surface area contributed by atoms with E-state index >= 15 is 0 Å². The first-order valence-electron chi connectivity index (χ1n) is 16.2. The van der Waals surface area contributed by atoms with Crippen LogP contribution in [0, 0.1) is 0 Å². The van der Waals surface area contributed by atoms with Crippen molar-refractivity contribution in [3.05, 3.63) is 182 Å². The highest BCUT2D eigenvalue weighted by Gasteiger charge is 2.16. The summed E-state index contributed by atoms with van der Waals surface area (Å²) in [5.41, 5.74) is 10.2. The van der Waals surface area contributed by atoms with Crippen LogP contribution in [-0.2, 0) is 0 Å². The molecule has 9 aromatic rings. The molecule has 0 aliphatic carbocycles. The van der Waals surface area contributed by atoms with E-state index in [4.69, 9.17) is 4.98 Å². The SMILES string of the molecule is c1ccc(-c2nc3cc(N(c4ccc(-c5ccc6ccccc6c5)cc4)c4cccc(-c5ccc6ccccc6c5)c4)ccc3s2)cc1. The molecule has 0 fully saturated rings. The zero-order valence-corrected chi connectivity index (χ0v) is 26.9. The topological polar surface area (TPSA) is 16.1 Å². The number of aromatic nitrogens is 1. The molecule has 0 N–H and O–H groups in total. The van der Waals surface area contributed by atoms with Crippen LogP contribution in [0.5, 0.6) is 0 Å². The number of hydrogen-bond donors (Lipinski definition) is 0. The van der Waals surface area contributed by atoms with E-state index in [1.165, 1.54) is 48.5 Å². The van der Waals surface area contributed by atoms with E-state index in [9.17, 15) is 0 Å². The lowest BCUT2D eigenvalue weighted by Gasteiger charge is -2.26. The van der Waals surface area contributed by atoms with Gasteiger partial charge in [-0.15, -0.1) is 11.3 Å². The van der Waals surface area contributed by atoms with E-state index in [2.05, 4.69) is 181 Å². The average molecular weight is 631 g/mol. The molecular weight excluding hydrogens is 601 g/mol. The molecule has 1 aromatic heterocycles. The zero-order chi connectivity index (χ0) is 31.9. The lowest BCUT2D eigenvalue weighted by atomic mass is 10.00. The van der Waals surface area contributed by atoms with Gasteiger partial charge in [-0.3, -0.25) is 0 Å². The van der Waals surface area contributed by atoms with Gasteiger partial charge in [0, 0.05) is 22.6 Å². The molecule has 0 bridgehead atoms. The van der Waals surface area contributed by atoms with Crippen LogP contribution in [-0.4, -0.2) is 4.98 Å². The van der Waals surface area contributed by atoms with Crippen molar-refractivity contribution in [1.29, 1.82) is 0 Å². The van der Waals surface area contributed by atoms with Crippen LogP contribution in [0.3, 0.4) is 0 Å². The summed E-state index contributed by atoms with van der Waals surface area (Å²) in [5, 5.41) is 6.02. The first-order chi connectivity index (χ1) is 23.7. The monoisotopic (exact) mass is 630 g/mol. The fourth-order valence-corrected chi connectivity index (χ4v) is 7.52. The van der Waals surface area contributed by atoms with Crippen molar-refractivity contribution < 1.29 is 0 Å². The first kappa shape index (κ1) is 28.2. The predicted molar refractivity (Wildman–Crippen MR) is 206 cm³/mol. The van der Waals surface area contributed by atoms with Gasteiger partial charge in [-0.05, 0) is 98.4 Å². The summed E-state index contributed by atoms with van der Waals surface area (Å²) in [7, 11) is 0. The number of benzene rings is 8. The van der Waals surface area contributed by atoms with Crippen molar-refractivity contribution in [2.45, 2.75) is 0 Å². The Morgan fingerprint density at radius 1 is 0.354 bits per heavy atom. The fourth-order valence-electron chi connectivity index (χ4n) is 6.57. The van der Waals surface area contributed by atoms with Crippen LogP contribution in [0.2, 0.25) is 0 Å². The minimum Gasteiger partial charge on any atom is -0.310 e. The summed E-state index contributed by atoms with van der Waals surface area (Å²) in [4.78, 5) is 7.42. The van der Waals surface area contributed by atoms with Crippen molar-refractivity contribution in [2.75, 3.05) is 4.90 Å². The summed E-state index contributed by atoms with van der Waals surface area (Å²) < 4.78 is 1.18. The molecule has 2 nitrogen and oxygen atoms in total. The summed E-state index contributed by atoms with van der Waals surface area (Å²) >= 11 is 1.73. The number of anilines is 3. The largest absolute Gasteiger partial charge is 0.310 e. The maximum Gasteiger partial charge on any atom is 0.124 e. The van der Waals surface area contributed by atoms with Gasteiger partial charge in [-0.2, -0.15) is 0 Å². The van der Waals surface area contributed by atoms with E-state index in [0.717, 1.165) is 33.1 Å². The zero-order valence-electron chi connectivity index (χ0n) is 26.1. The first-order valence-corrected chi connectivity index (χ1v) is 17.0. The van der Waals surface area contributed by atoms with Crippen LogP contribution >= 0.6 is 11.3 Å². The Balaban J connectivity index is 1.15. The van der Waals surface area contributed by atoms with Crippen molar-refractivity contribution >= 4 is 60.2 Å². The maximum atomic E-state index is 5.08. The van der Waals surface area contributed by atoms with Crippen LogP contribution in [0.15, 0.2) is 182 Å². The Kier molecular flexibility index (Phi) is 7.03. The Morgan fingerprint density at radius 3 is 1.60 bits per heavy atom. The third-order valence-corrected chi connectivity index (χ3v) is 10.1. The second-order valence-corrected chi connectivity index (χ2v) is 13.1. The van der Waals surface area contributed by atoms with Gasteiger partial charge in [-0.1, -0.05) is 127 Å². The van der Waals surface area contributed by atoms with Crippen molar-refractivity contribution in [3.63, 3.8) is 0 Å². The Labute approximate surface area is 283 Å². The summed E-state index contributed by atoms with van der Waals surface area (Å²) in [6.07, 6.45) is 0. The molecule has 0 aliphatic rings. The van der Waals surface area contributed by atoms with Gasteiger partial charge in [0.05, 0.1) is 10.2 Å². The van der Waals surface area contributed by atoms with Gasteiger partial charge >= 0.3 is 0 Å². The van der Waals surface area contributed by atoms with Gasteiger partial charge < -0.3 is 4.90 Å². The highest BCUT2D eigenvalue weighted by Crippen LogP contribution is 2.40. The smallest absolute Gasteiger partial charge is 0.124 e. The molecule has 0 saturated carbocycles. The van der Waals surface area contributed by atoms with Crippen LogP contribution in [0.1, 0.15) is 0 Å². The minimum atomic E-state index is 1.000. The molecule has 0 amide bonds. The van der Waals surface area contributed by atoms with Crippen LogP contribution in [0.25, 0.3) is 64.6 Å². The lowest BCUT2D eigenvalue weighted by molar-refractivity contribution is 1.29. The molecule has 1 heterocycles. The molecule has 0 unspecified atom stereocenters. The van der Waals surface area contributed by atoms with Gasteiger partial charge in [0.1, 0.15) is 5.01 Å². The standard InChI is InChI=1S/C45H30N2S/c1-2-11-34(12-3-1)45-46-43-30-42(25-26-44(43)48-45)47(40-23-21-33(22-24-40)38-19-17-31-9-4-6-13-35(31)27-38)41-16-8-15-37(29-41)39-20-18-32-10-5-7-14-36(32)28-39/h1-30H. The highest BCUT2D eigenvalue weighted by atomic mass is 32.1. The van der Waals surface area contributed by atoms with Gasteiger partial charge in [0.25, 0.3) is 0 Å². The second-order valence-electron chi connectivity index (χ2n) is 12.1.